The second-order valence-corrected chi connectivity index (χ2v) is 3.32. The van der Waals surface area contributed by atoms with Crippen molar-refractivity contribution in [2.24, 2.45) is 5.73 Å². The minimum atomic E-state index is -4.82. The van der Waals surface area contributed by atoms with E-state index in [1.807, 2.05) is 0 Å². The number of rotatable bonds is 2. The Bertz CT molecular complexity index is 412. The highest BCUT2D eigenvalue weighted by molar-refractivity contribution is 6.00. The summed E-state index contributed by atoms with van der Waals surface area (Å²) in [5.41, 5.74) is 3.10. The first-order valence-electron chi connectivity index (χ1n) is 4.40. The number of hydrogen-bond acceptors (Lipinski definition) is 2. The first kappa shape index (κ1) is 12.6. The van der Waals surface area contributed by atoms with E-state index in [0.717, 1.165) is 12.1 Å². The molecule has 1 rings (SSSR count). The molecule has 0 heterocycles. The summed E-state index contributed by atoms with van der Waals surface area (Å²) in [5, 5.41) is 0. The molecular formula is C10H9F4NO. The fourth-order valence-corrected chi connectivity index (χ4v) is 1.19. The molecular weight excluding hydrogens is 226 g/mol. The normalized spacial score (nSPS) is 13.6. The van der Waals surface area contributed by atoms with Crippen molar-refractivity contribution in [2.45, 2.75) is 19.1 Å². The van der Waals surface area contributed by atoms with Crippen molar-refractivity contribution in [2.75, 3.05) is 0 Å². The molecule has 0 aromatic heterocycles. The third kappa shape index (κ3) is 2.38. The molecule has 88 valence electrons. The van der Waals surface area contributed by atoms with Gasteiger partial charge in [-0.15, -0.1) is 0 Å². The Balaban J connectivity index is 3.30. The quantitative estimate of drug-likeness (QED) is 0.631. The average molecular weight is 235 g/mol. The van der Waals surface area contributed by atoms with Gasteiger partial charge < -0.3 is 5.73 Å². The summed E-state index contributed by atoms with van der Waals surface area (Å²) in [7, 11) is 0. The summed E-state index contributed by atoms with van der Waals surface area (Å²) in [6.45, 7) is 1.28. The van der Waals surface area contributed by atoms with Crippen LogP contribution in [0, 0.1) is 5.82 Å². The molecule has 1 aromatic carbocycles. The molecule has 16 heavy (non-hydrogen) atoms. The molecule has 0 amide bonds. The van der Waals surface area contributed by atoms with Gasteiger partial charge in [-0.2, -0.15) is 13.2 Å². The molecule has 6 heteroatoms. The lowest BCUT2D eigenvalue weighted by atomic mass is 10.0. The highest BCUT2D eigenvalue weighted by Gasteiger charge is 2.35. The molecule has 0 radical (unpaired) electrons. The van der Waals surface area contributed by atoms with Crippen molar-refractivity contribution in [3.8, 4) is 0 Å². The van der Waals surface area contributed by atoms with Crippen LogP contribution in [0.4, 0.5) is 17.6 Å². The van der Waals surface area contributed by atoms with E-state index in [2.05, 4.69) is 0 Å². The topological polar surface area (TPSA) is 43.1 Å². The number of hydrogen-bond donors (Lipinski definition) is 1. The van der Waals surface area contributed by atoms with Crippen molar-refractivity contribution in [1.82, 2.24) is 0 Å². The van der Waals surface area contributed by atoms with Crippen molar-refractivity contribution in [3.63, 3.8) is 0 Å². The fourth-order valence-electron chi connectivity index (χ4n) is 1.19. The van der Waals surface area contributed by atoms with E-state index in [0.29, 0.717) is 6.07 Å². The Morgan fingerprint density at radius 2 is 1.94 bits per heavy atom. The highest BCUT2D eigenvalue weighted by Crippen LogP contribution is 2.32. The largest absolute Gasteiger partial charge is 0.419 e. The maximum absolute atomic E-state index is 13.4. The zero-order valence-electron chi connectivity index (χ0n) is 8.31. The molecule has 1 aromatic rings. The monoisotopic (exact) mass is 235 g/mol. The fraction of sp³-hybridized carbons (Fsp3) is 0.300. The second kappa shape index (κ2) is 4.21. The van der Waals surface area contributed by atoms with Gasteiger partial charge in [0.1, 0.15) is 5.82 Å². The lowest BCUT2D eigenvalue weighted by Gasteiger charge is -2.11. The molecule has 0 saturated carbocycles. The summed E-state index contributed by atoms with van der Waals surface area (Å²) >= 11 is 0. The molecule has 0 aliphatic rings. The maximum atomic E-state index is 13.4. The minimum Gasteiger partial charge on any atom is -0.321 e. The summed E-state index contributed by atoms with van der Waals surface area (Å²) in [4.78, 5) is 11.3. The number of nitrogens with two attached hydrogens (primary N) is 1. The van der Waals surface area contributed by atoms with E-state index < -0.39 is 34.9 Å². The number of ketones is 1. The summed E-state index contributed by atoms with van der Waals surface area (Å²) in [6, 6.07) is 1.49. The highest BCUT2D eigenvalue weighted by atomic mass is 19.4. The van der Waals surface area contributed by atoms with Gasteiger partial charge in [0, 0.05) is 0 Å². The van der Waals surface area contributed by atoms with Gasteiger partial charge >= 0.3 is 6.18 Å². The first-order valence-corrected chi connectivity index (χ1v) is 4.40. The zero-order chi connectivity index (χ0) is 12.5. The summed E-state index contributed by atoms with van der Waals surface area (Å²) in [6.07, 6.45) is -4.82. The maximum Gasteiger partial charge on any atom is 0.419 e. The van der Waals surface area contributed by atoms with Crippen LogP contribution in [-0.4, -0.2) is 11.8 Å². The smallest absolute Gasteiger partial charge is 0.321 e. The first-order chi connectivity index (χ1) is 7.25. The molecule has 1 atom stereocenters. The van der Waals surface area contributed by atoms with Gasteiger partial charge in [0.25, 0.3) is 0 Å². The molecule has 0 saturated heterocycles. The minimum absolute atomic E-state index is 0.577. The lowest BCUT2D eigenvalue weighted by Crippen LogP contribution is -2.28. The number of Topliss-reactive ketones (excluding diaryl/α,β-unsaturated/α-hetero) is 1. The Kier molecular flexibility index (Phi) is 3.32. The van der Waals surface area contributed by atoms with Crippen LogP contribution in [0.1, 0.15) is 22.8 Å². The van der Waals surface area contributed by atoms with Gasteiger partial charge in [-0.3, -0.25) is 4.79 Å². The molecule has 2 nitrogen and oxygen atoms in total. The predicted molar refractivity (Wildman–Crippen MR) is 49.4 cm³/mol. The lowest BCUT2D eigenvalue weighted by molar-refractivity contribution is -0.140. The van der Waals surface area contributed by atoms with Crippen LogP contribution < -0.4 is 5.73 Å². The number of halogens is 4. The number of benzene rings is 1. The molecule has 0 aliphatic heterocycles. The van der Waals surface area contributed by atoms with Gasteiger partial charge in [-0.1, -0.05) is 6.07 Å². The van der Waals surface area contributed by atoms with Crippen LogP contribution in [0.3, 0.4) is 0 Å². The molecule has 2 N–H and O–H groups in total. The van der Waals surface area contributed by atoms with Crippen LogP contribution in [0.15, 0.2) is 18.2 Å². The van der Waals surface area contributed by atoms with Crippen LogP contribution in [0.2, 0.25) is 0 Å². The number of carbonyl (C=O) groups excluding carboxylic acids is 1. The van der Waals surface area contributed by atoms with E-state index in [-0.39, 0.29) is 0 Å². The molecule has 0 bridgehead atoms. The Labute approximate surface area is 89.1 Å². The van der Waals surface area contributed by atoms with Crippen LogP contribution in [-0.2, 0) is 6.18 Å². The van der Waals surface area contributed by atoms with Crippen LogP contribution in [0.25, 0.3) is 0 Å². The number of carbonyl (C=O) groups is 1. The standard InChI is InChI=1S/C10H9F4NO/c1-5(15)9(16)6-3-2-4-7(8(6)11)10(12,13)14/h2-5H,15H2,1H3. The summed E-state index contributed by atoms with van der Waals surface area (Å²) in [5.74, 6) is -2.43. The zero-order valence-corrected chi connectivity index (χ0v) is 8.31. The average Bonchev–Trinajstić information content (AvgIpc) is 2.15. The van der Waals surface area contributed by atoms with Gasteiger partial charge in [0.05, 0.1) is 17.2 Å². The molecule has 0 fully saturated rings. The van der Waals surface area contributed by atoms with Crippen molar-refractivity contribution < 1.29 is 22.4 Å². The van der Waals surface area contributed by atoms with Crippen molar-refractivity contribution >= 4 is 5.78 Å². The Morgan fingerprint density at radius 3 is 2.38 bits per heavy atom. The molecule has 0 aliphatic carbocycles. The van der Waals surface area contributed by atoms with E-state index in [1.54, 1.807) is 0 Å². The van der Waals surface area contributed by atoms with E-state index in [1.165, 1.54) is 6.92 Å². The van der Waals surface area contributed by atoms with E-state index in [9.17, 15) is 22.4 Å². The van der Waals surface area contributed by atoms with E-state index >= 15 is 0 Å². The van der Waals surface area contributed by atoms with Crippen LogP contribution in [0.5, 0.6) is 0 Å². The van der Waals surface area contributed by atoms with Gasteiger partial charge in [0.2, 0.25) is 0 Å². The third-order valence-corrected chi connectivity index (χ3v) is 1.98. The second-order valence-electron chi connectivity index (χ2n) is 3.32. The molecule has 0 spiro atoms. The van der Waals surface area contributed by atoms with Crippen LogP contribution >= 0.6 is 0 Å². The summed E-state index contributed by atoms with van der Waals surface area (Å²) < 4.78 is 50.3. The van der Waals surface area contributed by atoms with Gasteiger partial charge in [0.15, 0.2) is 5.78 Å². The van der Waals surface area contributed by atoms with E-state index in [4.69, 9.17) is 5.73 Å². The van der Waals surface area contributed by atoms with Gasteiger partial charge in [-0.25, -0.2) is 4.39 Å². The molecule has 1 unspecified atom stereocenters. The SMILES string of the molecule is CC(N)C(=O)c1cccc(C(F)(F)F)c1F. The Morgan fingerprint density at radius 1 is 1.38 bits per heavy atom. The number of alkyl halides is 3. The van der Waals surface area contributed by atoms with Gasteiger partial charge in [-0.05, 0) is 19.1 Å². The van der Waals surface area contributed by atoms with Crippen molar-refractivity contribution in [1.29, 1.82) is 0 Å². The Hall–Kier alpha value is -1.43. The third-order valence-electron chi connectivity index (χ3n) is 1.98. The predicted octanol–water partition coefficient (Wildman–Crippen LogP) is 2.37. The van der Waals surface area contributed by atoms with Crippen molar-refractivity contribution in [3.05, 3.63) is 35.1 Å².